The number of ether oxygens (including phenoxy) is 1. The van der Waals surface area contributed by atoms with E-state index in [1.165, 1.54) is 12.7 Å². The quantitative estimate of drug-likeness (QED) is 0.106. The van der Waals surface area contributed by atoms with Crippen LogP contribution in [0.4, 0.5) is 20.5 Å². The van der Waals surface area contributed by atoms with Crippen LogP contribution in [-0.4, -0.2) is 83.4 Å². The van der Waals surface area contributed by atoms with E-state index < -0.39 is 36.7 Å². The standard InChI is InChI=1S/C9H11F2N3O4.C5H5N5S.C5H4N4S/c10-9(11)6(16)4(3-15)18-7(9)14-2-1-5(12)13-8(14)17;6-5-9-3-2(4(11)10-5)7-1-8-3;10-9-3-8-4-1-6-2-7-5(4)9/h1-2,4,6-7,15-16H,3H2,(H2,12,13,17);1H,(H4,6,7,8,9,10,11);1-3,10H/t4-,6-,7-;;/m1../s1. The number of nitrogens with zero attached hydrogens (tertiary/aromatic N) is 8. The van der Waals surface area contributed by atoms with Crippen LogP contribution in [0.3, 0.4) is 0 Å². The third kappa shape index (κ3) is 5.83. The summed E-state index contributed by atoms with van der Waals surface area (Å²) in [5.74, 6) is -3.54. The van der Waals surface area contributed by atoms with Gasteiger partial charge in [-0.3, -0.25) is 8.54 Å². The summed E-state index contributed by atoms with van der Waals surface area (Å²) in [6.07, 6.45) is 1.55. The van der Waals surface area contributed by atoms with Crippen LogP contribution in [0.5, 0.6) is 0 Å². The number of hydrogen-bond acceptors (Lipinski definition) is 14. The molecule has 0 spiro atoms. The van der Waals surface area contributed by atoms with Crippen LogP contribution in [0, 0.1) is 4.64 Å². The fraction of sp³-hybridized carbons (Fsp3) is 0.263. The number of aromatic nitrogens is 10. The molecule has 206 valence electrons. The third-order valence-electron chi connectivity index (χ3n) is 5.18. The lowest BCUT2D eigenvalue weighted by Gasteiger charge is -2.20. The van der Waals surface area contributed by atoms with Gasteiger partial charge >= 0.3 is 11.6 Å². The second kappa shape index (κ2) is 11.3. The molecule has 0 aliphatic carbocycles. The number of hydrogen-bond donors (Lipinski definition) is 7. The van der Waals surface area contributed by atoms with Gasteiger partial charge in [-0.05, 0) is 6.07 Å². The number of anilines is 2. The second-order valence-electron chi connectivity index (χ2n) is 7.75. The average Bonchev–Trinajstić information content (AvgIpc) is 3.58. The molecule has 0 radical (unpaired) electrons. The Bertz CT molecular complexity index is 1710. The molecule has 39 heavy (non-hydrogen) atoms. The lowest BCUT2D eigenvalue weighted by Crippen LogP contribution is -2.41. The zero-order valence-corrected chi connectivity index (χ0v) is 21.2. The Hall–Kier alpha value is -4.11. The normalized spacial score (nSPS) is 19.8. The number of alkyl halides is 2. The van der Waals surface area contributed by atoms with Gasteiger partial charge in [0.2, 0.25) is 12.2 Å². The molecular formula is C19H20F2N12O4S2. The van der Waals surface area contributed by atoms with Crippen LogP contribution in [0.25, 0.3) is 22.3 Å². The van der Waals surface area contributed by atoms with Crippen molar-refractivity contribution in [1.82, 2.24) is 48.4 Å². The molecule has 1 aliphatic rings. The van der Waals surface area contributed by atoms with Crippen LogP contribution < -0.4 is 17.2 Å². The molecule has 1 saturated heterocycles. The predicted octanol–water partition coefficient (Wildman–Crippen LogP) is -0.172. The minimum Gasteiger partial charge on any atom is -0.394 e. The molecule has 6 rings (SSSR count). The third-order valence-corrected chi connectivity index (χ3v) is 5.77. The SMILES string of the molecule is Nc1ccn([C@@H]2O[C@H](CO)[C@@H](O)C2(F)F)c(=O)n1.Nc1nc(=S)c2[nH]cnc2[nH]1.Sn1cnc2cncnc21. The minimum absolute atomic E-state index is 0.114. The first kappa shape index (κ1) is 27.9. The van der Waals surface area contributed by atoms with Gasteiger partial charge < -0.3 is 36.4 Å². The van der Waals surface area contributed by atoms with Gasteiger partial charge in [0.05, 0.1) is 19.1 Å². The summed E-state index contributed by atoms with van der Waals surface area (Å²) >= 11 is 8.98. The van der Waals surface area contributed by atoms with E-state index in [2.05, 4.69) is 52.7 Å². The van der Waals surface area contributed by atoms with E-state index in [9.17, 15) is 18.7 Å². The number of thiol groups is 1. The van der Waals surface area contributed by atoms with Crippen LogP contribution in [0.2, 0.25) is 0 Å². The molecule has 16 nitrogen and oxygen atoms in total. The molecule has 0 aromatic carbocycles. The van der Waals surface area contributed by atoms with Crippen LogP contribution in [0.1, 0.15) is 6.23 Å². The fourth-order valence-electron chi connectivity index (χ4n) is 3.34. The molecule has 5 aromatic rings. The number of imidazole rings is 2. The maximum Gasteiger partial charge on any atom is 0.351 e. The zero-order valence-electron chi connectivity index (χ0n) is 19.5. The van der Waals surface area contributed by atoms with Crippen molar-refractivity contribution in [3.8, 4) is 0 Å². The zero-order chi connectivity index (χ0) is 28.3. The number of nitrogen functional groups attached to an aromatic ring is 2. The van der Waals surface area contributed by atoms with E-state index >= 15 is 0 Å². The van der Waals surface area contributed by atoms with E-state index in [-0.39, 0.29) is 11.8 Å². The number of fused-ring (bicyclic) bond motifs is 2. The highest BCUT2D eigenvalue weighted by Crippen LogP contribution is 2.41. The summed E-state index contributed by atoms with van der Waals surface area (Å²) < 4.78 is 34.7. The number of aliphatic hydroxyl groups excluding tert-OH is 2. The van der Waals surface area contributed by atoms with E-state index in [0.717, 1.165) is 23.4 Å². The lowest BCUT2D eigenvalue weighted by atomic mass is 10.1. The first-order chi connectivity index (χ1) is 18.5. The Morgan fingerprint density at radius 2 is 2.03 bits per heavy atom. The topological polar surface area (TPSA) is 238 Å². The van der Waals surface area contributed by atoms with Crippen molar-refractivity contribution in [2.75, 3.05) is 18.1 Å². The molecule has 20 heteroatoms. The Labute approximate surface area is 226 Å². The van der Waals surface area contributed by atoms with Gasteiger partial charge in [0.1, 0.15) is 35.6 Å². The van der Waals surface area contributed by atoms with Gasteiger partial charge in [-0.1, -0.05) is 25.0 Å². The molecule has 1 fully saturated rings. The minimum atomic E-state index is -3.71. The van der Waals surface area contributed by atoms with Gasteiger partial charge in [-0.15, -0.1) is 0 Å². The number of nitrogens with one attached hydrogen (secondary N) is 2. The van der Waals surface area contributed by atoms with Gasteiger partial charge in [-0.25, -0.2) is 29.7 Å². The van der Waals surface area contributed by atoms with Crippen molar-refractivity contribution in [2.45, 2.75) is 24.4 Å². The number of aliphatic hydroxyl groups is 2. The molecule has 3 atom stereocenters. The first-order valence-corrected chi connectivity index (χ1v) is 11.5. The van der Waals surface area contributed by atoms with Crippen LogP contribution in [0.15, 0.2) is 42.2 Å². The predicted molar refractivity (Wildman–Crippen MR) is 138 cm³/mol. The summed E-state index contributed by atoms with van der Waals surface area (Å²) in [7, 11) is 0. The van der Waals surface area contributed by atoms with Crippen molar-refractivity contribution in [1.29, 1.82) is 0 Å². The number of aromatic amines is 2. The van der Waals surface area contributed by atoms with Gasteiger partial charge in [0.25, 0.3) is 0 Å². The molecule has 0 bridgehead atoms. The molecular weight excluding hydrogens is 562 g/mol. The molecule has 8 N–H and O–H groups in total. The van der Waals surface area contributed by atoms with Crippen molar-refractivity contribution in [2.24, 2.45) is 0 Å². The Balaban J connectivity index is 0.000000144. The van der Waals surface area contributed by atoms with Gasteiger partial charge in [0, 0.05) is 6.20 Å². The fourth-order valence-corrected chi connectivity index (χ4v) is 3.80. The first-order valence-electron chi connectivity index (χ1n) is 10.7. The second-order valence-corrected chi connectivity index (χ2v) is 8.56. The van der Waals surface area contributed by atoms with Crippen molar-refractivity contribution >= 4 is 59.1 Å². The summed E-state index contributed by atoms with van der Waals surface area (Å²) in [6.45, 7) is -0.787. The van der Waals surface area contributed by atoms with Crippen molar-refractivity contribution in [3.63, 3.8) is 0 Å². The van der Waals surface area contributed by atoms with E-state index in [0.29, 0.717) is 20.4 Å². The highest BCUT2D eigenvalue weighted by Gasteiger charge is 2.59. The highest BCUT2D eigenvalue weighted by molar-refractivity contribution is 7.78. The molecule has 1 aliphatic heterocycles. The average molecular weight is 583 g/mol. The van der Waals surface area contributed by atoms with Crippen molar-refractivity contribution in [3.05, 3.63) is 52.6 Å². The maximum absolute atomic E-state index is 13.7. The van der Waals surface area contributed by atoms with Crippen molar-refractivity contribution < 1.29 is 23.7 Å². The number of halogens is 2. The lowest BCUT2D eigenvalue weighted by molar-refractivity contribution is -0.140. The van der Waals surface area contributed by atoms with E-state index in [1.807, 2.05) is 0 Å². The molecule has 0 amide bonds. The van der Waals surface area contributed by atoms with Crippen LogP contribution >= 0.6 is 25.0 Å². The monoisotopic (exact) mass is 582 g/mol. The smallest absolute Gasteiger partial charge is 0.351 e. The Morgan fingerprint density at radius 3 is 2.69 bits per heavy atom. The molecule has 6 heterocycles. The summed E-state index contributed by atoms with van der Waals surface area (Å²) in [4.78, 5) is 39.9. The van der Waals surface area contributed by atoms with Gasteiger partial charge in [0.15, 0.2) is 22.0 Å². The molecule has 0 saturated carbocycles. The summed E-state index contributed by atoms with van der Waals surface area (Å²) in [5, 5.41) is 18.1. The van der Waals surface area contributed by atoms with Crippen LogP contribution in [-0.2, 0) is 4.74 Å². The summed E-state index contributed by atoms with van der Waals surface area (Å²) in [5.41, 5.74) is 12.5. The van der Waals surface area contributed by atoms with Gasteiger partial charge in [-0.2, -0.15) is 13.8 Å². The Morgan fingerprint density at radius 1 is 1.26 bits per heavy atom. The number of H-pyrrole nitrogens is 2. The maximum atomic E-state index is 13.7. The molecule has 5 aromatic heterocycles. The number of rotatable bonds is 2. The Kier molecular flexibility index (Phi) is 8.11. The molecule has 0 unspecified atom stereocenters. The summed E-state index contributed by atoms with van der Waals surface area (Å²) in [6, 6.07) is 1.15. The largest absolute Gasteiger partial charge is 0.394 e. The van der Waals surface area contributed by atoms with E-state index in [4.69, 9.17) is 33.5 Å². The highest BCUT2D eigenvalue weighted by atomic mass is 32.1. The van der Waals surface area contributed by atoms with E-state index in [1.54, 1.807) is 16.5 Å². The number of nitrogens with two attached hydrogens (primary N) is 2.